The van der Waals surface area contributed by atoms with E-state index in [0.29, 0.717) is 11.3 Å². The second-order valence-corrected chi connectivity index (χ2v) is 11.1. The first-order chi connectivity index (χ1) is 6.00. The predicted molar refractivity (Wildman–Crippen MR) is 59.4 cm³/mol. The Kier molecular flexibility index (Phi) is 1.96. The van der Waals surface area contributed by atoms with Crippen LogP contribution in [0.15, 0.2) is 11.4 Å². The SMILES string of the molecule is C[Si](C)(C)C1CC(=O)c2sccc21. The molecule has 70 valence electrons. The number of fused-ring (bicyclic) bond motifs is 1. The number of rotatable bonds is 1. The summed E-state index contributed by atoms with van der Waals surface area (Å²) in [5, 5.41) is 2.05. The minimum Gasteiger partial charge on any atom is -0.293 e. The fourth-order valence-corrected chi connectivity index (χ4v) is 4.97. The molecule has 13 heavy (non-hydrogen) atoms. The second kappa shape index (κ2) is 2.79. The molecule has 1 nitrogen and oxygen atoms in total. The van der Waals surface area contributed by atoms with E-state index in [1.54, 1.807) is 11.3 Å². The topological polar surface area (TPSA) is 17.1 Å². The van der Waals surface area contributed by atoms with Crippen LogP contribution in [0.25, 0.3) is 0 Å². The van der Waals surface area contributed by atoms with Gasteiger partial charge in [-0.15, -0.1) is 11.3 Å². The van der Waals surface area contributed by atoms with Crippen LogP contribution in [0.2, 0.25) is 19.6 Å². The zero-order valence-corrected chi connectivity index (χ0v) is 10.1. The Labute approximate surface area is 83.8 Å². The molecule has 0 saturated heterocycles. The zero-order chi connectivity index (χ0) is 9.64. The van der Waals surface area contributed by atoms with E-state index >= 15 is 0 Å². The van der Waals surface area contributed by atoms with Crippen LogP contribution in [0.1, 0.15) is 27.2 Å². The molecule has 0 amide bonds. The van der Waals surface area contributed by atoms with Crippen molar-refractivity contribution < 1.29 is 4.79 Å². The Morgan fingerprint density at radius 2 is 2.15 bits per heavy atom. The van der Waals surface area contributed by atoms with Gasteiger partial charge in [0.15, 0.2) is 5.78 Å². The van der Waals surface area contributed by atoms with Crippen molar-refractivity contribution in [1.82, 2.24) is 0 Å². The van der Waals surface area contributed by atoms with Crippen LogP contribution < -0.4 is 0 Å². The van der Waals surface area contributed by atoms with E-state index in [1.165, 1.54) is 5.56 Å². The molecule has 1 aliphatic carbocycles. The molecule has 1 aromatic rings. The van der Waals surface area contributed by atoms with E-state index < -0.39 is 8.07 Å². The smallest absolute Gasteiger partial charge is 0.173 e. The van der Waals surface area contributed by atoms with E-state index in [1.807, 2.05) is 0 Å². The lowest BCUT2D eigenvalue weighted by Crippen LogP contribution is -2.29. The third-order valence-electron chi connectivity index (χ3n) is 2.76. The molecule has 1 heterocycles. The number of carbonyl (C=O) groups excluding carboxylic acids is 1. The highest BCUT2D eigenvalue weighted by Crippen LogP contribution is 2.41. The van der Waals surface area contributed by atoms with Gasteiger partial charge in [0.2, 0.25) is 0 Å². The normalized spacial score (nSPS) is 22.1. The summed E-state index contributed by atoms with van der Waals surface area (Å²) in [6.45, 7) is 7.03. The van der Waals surface area contributed by atoms with Crippen LogP contribution in [0.4, 0.5) is 0 Å². The zero-order valence-electron chi connectivity index (χ0n) is 8.26. The van der Waals surface area contributed by atoms with Gasteiger partial charge in [0.25, 0.3) is 0 Å². The minimum atomic E-state index is -1.20. The van der Waals surface area contributed by atoms with E-state index in [9.17, 15) is 4.79 Å². The fourth-order valence-electron chi connectivity index (χ4n) is 1.98. The van der Waals surface area contributed by atoms with Crippen molar-refractivity contribution >= 4 is 25.2 Å². The van der Waals surface area contributed by atoms with Gasteiger partial charge in [0.05, 0.1) is 13.0 Å². The number of Topliss-reactive ketones (excluding diaryl/α,β-unsaturated/α-hetero) is 1. The average molecular weight is 210 g/mol. The lowest BCUT2D eigenvalue weighted by molar-refractivity contribution is 0.0996. The monoisotopic (exact) mass is 210 g/mol. The third kappa shape index (κ3) is 1.40. The third-order valence-corrected chi connectivity index (χ3v) is 6.34. The van der Waals surface area contributed by atoms with Gasteiger partial charge in [-0.3, -0.25) is 4.79 Å². The number of hydrogen-bond donors (Lipinski definition) is 0. The number of hydrogen-bond acceptors (Lipinski definition) is 2. The molecule has 0 saturated carbocycles. The molecule has 1 atom stereocenters. The lowest BCUT2D eigenvalue weighted by atomic mass is 10.3. The second-order valence-electron chi connectivity index (χ2n) is 4.75. The van der Waals surface area contributed by atoms with Gasteiger partial charge in [-0.05, 0) is 22.6 Å². The van der Waals surface area contributed by atoms with Crippen LogP contribution in [-0.2, 0) is 0 Å². The molecule has 1 aliphatic rings. The molecule has 1 unspecified atom stereocenters. The highest BCUT2D eigenvalue weighted by atomic mass is 32.1. The van der Waals surface area contributed by atoms with Gasteiger partial charge in [-0.25, -0.2) is 0 Å². The minimum absolute atomic E-state index is 0.373. The first kappa shape index (κ1) is 9.15. The van der Waals surface area contributed by atoms with E-state index in [-0.39, 0.29) is 0 Å². The predicted octanol–water partition coefficient (Wildman–Crippen LogP) is 3.30. The van der Waals surface area contributed by atoms with Gasteiger partial charge < -0.3 is 0 Å². The van der Waals surface area contributed by atoms with E-state index in [2.05, 4.69) is 31.1 Å². The lowest BCUT2D eigenvalue weighted by Gasteiger charge is -2.24. The van der Waals surface area contributed by atoms with Crippen LogP contribution >= 0.6 is 11.3 Å². The summed E-state index contributed by atoms with van der Waals surface area (Å²) in [6, 6.07) is 2.15. The highest BCUT2D eigenvalue weighted by molar-refractivity contribution is 7.12. The first-order valence-corrected chi connectivity index (χ1v) is 9.06. The Morgan fingerprint density at radius 3 is 2.77 bits per heavy atom. The van der Waals surface area contributed by atoms with Crippen molar-refractivity contribution in [2.75, 3.05) is 0 Å². The van der Waals surface area contributed by atoms with E-state index in [0.717, 1.165) is 11.3 Å². The Hall–Kier alpha value is -0.413. The molecule has 1 aromatic heterocycles. The maximum Gasteiger partial charge on any atom is 0.173 e. The molecule has 2 rings (SSSR count). The van der Waals surface area contributed by atoms with Crippen molar-refractivity contribution in [3.63, 3.8) is 0 Å². The van der Waals surface area contributed by atoms with Crippen LogP contribution in [0.5, 0.6) is 0 Å². The largest absolute Gasteiger partial charge is 0.293 e. The molecular weight excluding hydrogens is 196 g/mol. The first-order valence-electron chi connectivity index (χ1n) is 4.61. The summed E-state index contributed by atoms with van der Waals surface area (Å²) in [6.07, 6.45) is 0.776. The summed E-state index contributed by atoms with van der Waals surface area (Å²) in [4.78, 5) is 12.7. The fraction of sp³-hybridized carbons (Fsp3) is 0.500. The summed E-state index contributed by atoms with van der Waals surface area (Å²) >= 11 is 1.61. The quantitative estimate of drug-likeness (QED) is 0.650. The van der Waals surface area contributed by atoms with Crippen molar-refractivity contribution in [3.8, 4) is 0 Å². The summed E-state index contributed by atoms with van der Waals surface area (Å²) in [5.74, 6) is 0.373. The summed E-state index contributed by atoms with van der Waals surface area (Å²) < 4.78 is 0. The van der Waals surface area contributed by atoms with Gasteiger partial charge in [-0.1, -0.05) is 19.6 Å². The number of ketones is 1. The molecular formula is C10H14OSSi. The van der Waals surface area contributed by atoms with Gasteiger partial charge in [-0.2, -0.15) is 0 Å². The molecule has 0 aromatic carbocycles. The molecule has 0 aliphatic heterocycles. The molecule has 0 N–H and O–H groups in total. The van der Waals surface area contributed by atoms with Gasteiger partial charge >= 0.3 is 0 Å². The van der Waals surface area contributed by atoms with Crippen molar-refractivity contribution in [2.24, 2.45) is 0 Å². The highest BCUT2D eigenvalue weighted by Gasteiger charge is 2.38. The molecule has 0 radical (unpaired) electrons. The average Bonchev–Trinajstić information content (AvgIpc) is 2.51. The molecule has 0 spiro atoms. The van der Waals surface area contributed by atoms with Crippen LogP contribution in [0, 0.1) is 0 Å². The Bertz CT molecular complexity index is 348. The molecule has 3 heteroatoms. The molecule has 0 fully saturated rings. The van der Waals surface area contributed by atoms with Crippen molar-refractivity contribution in [3.05, 3.63) is 21.9 Å². The van der Waals surface area contributed by atoms with Crippen LogP contribution in [0.3, 0.4) is 0 Å². The summed E-state index contributed by atoms with van der Waals surface area (Å²) in [5.41, 5.74) is 1.91. The number of carbonyl (C=O) groups is 1. The maximum atomic E-state index is 11.6. The maximum absolute atomic E-state index is 11.6. The van der Waals surface area contributed by atoms with Gasteiger partial charge in [0.1, 0.15) is 0 Å². The van der Waals surface area contributed by atoms with Crippen LogP contribution in [-0.4, -0.2) is 13.9 Å². The summed E-state index contributed by atoms with van der Waals surface area (Å²) in [7, 11) is -1.20. The van der Waals surface area contributed by atoms with E-state index in [4.69, 9.17) is 0 Å². The molecule has 0 bridgehead atoms. The Balaban J connectivity index is 2.44. The van der Waals surface area contributed by atoms with Gasteiger partial charge in [0, 0.05) is 6.42 Å². The number of thiophene rings is 1. The van der Waals surface area contributed by atoms with Crippen molar-refractivity contribution in [2.45, 2.75) is 31.6 Å². The standard InChI is InChI=1S/C10H14OSSi/c1-13(2,3)9-6-8(11)10-7(9)4-5-12-10/h4-5,9H,6H2,1-3H3. The Morgan fingerprint density at radius 1 is 1.46 bits per heavy atom. The van der Waals surface area contributed by atoms with Crippen molar-refractivity contribution in [1.29, 1.82) is 0 Å².